The van der Waals surface area contributed by atoms with Gasteiger partial charge in [0.15, 0.2) is 6.10 Å². The zero-order valence-electron chi connectivity index (χ0n) is 51.0. The standard InChI is InChI=1S/C71H124O6/c1-4-7-10-13-16-19-22-25-28-31-34-35-38-40-43-46-49-52-55-58-61-64-70(73)76-67-68(77-71(74)65-62-59-56-53-50-47-44-41-37-33-30-27-24-21-18-15-12-9-6-3)66-75-69(72)63-60-57-54-51-48-45-42-39-36-32-29-26-23-20-17-14-11-8-5-2/h7,10,16,18-19,21,25,27-28,30,34-35,37,41,68H,4-6,8-9,11-15,17,20,22-24,26,29,31-33,36,38-40,42-67H2,1-3H3/b10-7-,19-16-,21-18-,28-25-,30-27-,35-34-,41-37-. The van der Waals surface area contributed by atoms with Gasteiger partial charge < -0.3 is 14.2 Å². The third-order valence-electron chi connectivity index (χ3n) is 14.4. The van der Waals surface area contributed by atoms with E-state index in [1.807, 2.05) is 0 Å². The van der Waals surface area contributed by atoms with Gasteiger partial charge in [-0.25, -0.2) is 0 Å². The Bertz CT molecular complexity index is 1470. The van der Waals surface area contributed by atoms with E-state index >= 15 is 0 Å². The van der Waals surface area contributed by atoms with E-state index in [1.54, 1.807) is 0 Å². The van der Waals surface area contributed by atoms with Crippen LogP contribution in [0, 0.1) is 0 Å². The second kappa shape index (κ2) is 65.1. The van der Waals surface area contributed by atoms with Crippen LogP contribution in [0.3, 0.4) is 0 Å². The number of rotatable bonds is 60. The van der Waals surface area contributed by atoms with Crippen molar-refractivity contribution >= 4 is 17.9 Å². The second-order valence-electron chi connectivity index (χ2n) is 22.0. The molecule has 0 aromatic rings. The van der Waals surface area contributed by atoms with Gasteiger partial charge in [0.05, 0.1) is 0 Å². The molecule has 77 heavy (non-hydrogen) atoms. The number of carbonyl (C=O) groups excluding carboxylic acids is 3. The number of ether oxygens (including phenoxy) is 3. The molecule has 0 fully saturated rings. The zero-order valence-corrected chi connectivity index (χ0v) is 51.0. The number of unbranched alkanes of at least 4 members (excludes halogenated alkanes) is 35. The Kier molecular flexibility index (Phi) is 62.2. The molecule has 0 aliphatic carbocycles. The Morgan fingerprint density at radius 2 is 0.506 bits per heavy atom. The first-order valence-corrected chi connectivity index (χ1v) is 33.1. The van der Waals surface area contributed by atoms with Crippen molar-refractivity contribution in [2.45, 2.75) is 335 Å². The predicted molar refractivity (Wildman–Crippen MR) is 334 cm³/mol. The van der Waals surface area contributed by atoms with E-state index in [9.17, 15) is 14.4 Å². The third-order valence-corrected chi connectivity index (χ3v) is 14.4. The summed E-state index contributed by atoms with van der Waals surface area (Å²) in [6.45, 7) is 6.53. The highest BCUT2D eigenvalue weighted by molar-refractivity contribution is 5.71. The van der Waals surface area contributed by atoms with Gasteiger partial charge in [0, 0.05) is 19.3 Å². The first-order chi connectivity index (χ1) is 38.0. The Labute approximate surface area is 477 Å². The molecule has 6 nitrogen and oxygen atoms in total. The van der Waals surface area contributed by atoms with E-state index in [2.05, 4.69) is 106 Å². The fourth-order valence-electron chi connectivity index (χ4n) is 9.44. The average molecular weight is 1070 g/mol. The van der Waals surface area contributed by atoms with Crippen LogP contribution in [0.4, 0.5) is 0 Å². The van der Waals surface area contributed by atoms with E-state index in [0.29, 0.717) is 19.3 Å². The Morgan fingerprint density at radius 3 is 0.818 bits per heavy atom. The summed E-state index contributed by atoms with van der Waals surface area (Å²) in [5.41, 5.74) is 0. The minimum absolute atomic E-state index is 0.0817. The van der Waals surface area contributed by atoms with Gasteiger partial charge in [-0.15, -0.1) is 0 Å². The topological polar surface area (TPSA) is 78.9 Å². The first-order valence-electron chi connectivity index (χ1n) is 33.1. The van der Waals surface area contributed by atoms with Gasteiger partial charge in [-0.2, -0.15) is 0 Å². The molecule has 0 spiro atoms. The average Bonchev–Trinajstić information content (AvgIpc) is 3.43. The van der Waals surface area contributed by atoms with Crippen LogP contribution in [0.1, 0.15) is 329 Å². The lowest BCUT2D eigenvalue weighted by atomic mass is 10.0. The molecule has 0 radical (unpaired) electrons. The van der Waals surface area contributed by atoms with Gasteiger partial charge in [0.25, 0.3) is 0 Å². The molecule has 444 valence electrons. The molecule has 0 aromatic carbocycles. The monoisotopic (exact) mass is 1070 g/mol. The molecule has 1 unspecified atom stereocenters. The highest BCUT2D eigenvalue weighted by Gasteiger charge is 2.19. The Morgan fingerprint density at radius 1 is 0.273 bits per heavy atom. The molecular weight excluding hydrogens is 949 g/mol. The van der Waals surface area contributed by atoms with Gasteiger partial charge in [-0.05, 0) is 96.3 Å². The van der Waals surface area contributed by atoms with Crippen LogP contribution in [0.2, 0.25) is 0 Å². The van der Waals surface area contributed by atoms with Gasteiger partial charge in [0.2, 0.25) is 0 Å². The number of esters is 3. The summed E-state index contributed by atoms with van der Waals surface area (Å²) in [4.78, 5) is 38.4. The summed E-state index contributed by atoms with van der Waals surface area (Å²) in [6.07, 6.45) is 85.8. The summed E-state index contributed by atoms with van der Waals surface area (Å²) in [5.74, 6) is -0.886. The predicted octanol–water partition coefficient (Wildman–Crippen LogP) is 22.7. The van der Waals surface area contributed by atoms with Crippen LogP contribution in [0.15, 0.2) is 85.1 Å². The molecule has 0 saturated heterocycles. The molecule has 6 heteroatoms. The van der Waals surface area contributed by atoms with E-state index < -0.39 is 6.10 Å². The van der Waals surface area contributed by atoms with Crippen molar-refractivity contribution in [3.8, 4) is 0 Å². The molecule has 0 aliphatic heterocycles. The van der Waals surface area contributed by atoms with Gasteiger partial charge >= 0.3 is 17.9 Å². The lowest BCUT2D eigenvalue weighted by Crippen LogP contribution is -2.30. The Hall–Kier alpha value is -3.41. The van der Waals surface area contributed by atoms with Crippen molar-refractivity contribution in [1.29, 1.82) is 0 Å². The van der Waals surface area contributed by atoms with Gasteiger partial charge in [-0.1, -0.05) is 298 Å². The zero-order chi connectivity index (χ0) is 55.7. The lowest BCUT2D eigenvalue weighted by molar-refractivity contribution is -0.167. The van der Waals surface area contributed by atoms with E-state index in [-0.39, 0.29) is 31.1 Å². The quantitative estimate of drug-likeness (QED) is 0.0261. The highest BCUT2D eigenvalue weighted by Crippen LogP contribution is 2.17. The van der Waals surface area contributed by atoms with Crippen molar-refractivity contribution in [2.75, 3.05) is 13.2 Å². The van der Waals surface area contributed by atoms with E-state index in [4.69, 9.17) is 14.2 Å². The van der Waals surface area contributed by atoms with Crippen LogP contribution in [0.5, 0.6) is 0 Å². The van der Waals surface area contributed by atoms with Gasteiger partial charge in [-0.3, -0.25) is 14.4 Å². The number of hydrogen-bond acceptors (Lipinski definition) is 6. The number of carbonyl (C=O) groups is 3. The molecular formula is C71H124O6. The summed E-state index contributed by atoms with van der Waals surface area (Å²) < 4.78 is 17.0. The largest absolute Gasteiger partial charge is 0.462 e. The molecule has 0 saturated carbocycles. The fraction of sp³-hybridized carbons (Fsp3) is 0.761. The smallest absolute Gasteiger partial charge is 0.306 e. The summed E-state index contributed by atoms with van der Waals surface area (Å²) >= 11 is 0. The van der Waals surface area contributed by atoms with Crippen molar-refractivity contribution in [1.82, 2.24) is 0 Å². The molecule has 1 atom stereocenters. The Balaban J connectivity index is 4.40. The second-order valence-corrected chi connectivity index (χ2v) is 22.0. The third kappa shape index (κ3) is 63.3. The van der Waals surface area contributed by atoms with Crippen LogP contribution >= 0.6 is 0 Å². The molecule has 0 amide bonds. The molecule has 0 heterocycles. The fourth-order valence-corrected chi connectivity index (χ4v) is 9.44. The van der Waals surface area contributed by atoms with Crippen LogP contribution < -0.4 is 0 Å². The highest BCUT2D eigenvalue weighted by atomic mass is 16.6. The summed E-state index contributed by atoms with van der Waals surface area (Å²) in [6, 6.07) is 0. The maximum absolute atomic E-state index is 12.9. The van der Waals surface area contributed by atoms with Crippen LogP contribution in [-0.2, 0) is 28.6 Å². The van der Waals surface area contributed by atoms with Crippen molar-refractivity contribution in [2.24, 2.45) is 0 Å². The molecule has 0 rings (SSSR count). The summed E-state index contributed by atoms with van der Waals surface area (Å²) in [5, 5.41) is 0. The van der Waals surface area contributed by atoms with E-state index in [0.717, 1.165) is 116 Å². The first kappa shape index (κ1) is 73.6. The number of allylic oxidation sites excluding steroid dienone is 14. The van der Waals surface area contributed by atoms with E-state index in [1.165, 1.54) is 173 Å². The van der Waals surface area contributed by atoms with Crippen molar-refractivity contribution in [3.63, 3.8) is 0 Å². The van der Waals surface area contributed by atoms with Crippen LogP contribution in [-0.4, -0.2) is 37.2 Å². The van der Waals surface area contributed by atoms with Gasteiger partial charge in [0.1, 0.15) is 13.2 Å². The van der Waals surface area contributed by atoms with Crippen molar-refractivity contribution < 1.29 is 28.6 Å². The maximum atomic E-state index is 12.9. The SMILES string of the molecule is CC/C=C\C/C=C\C/C=C\C/C=C\CCCCCCCCCCC(=O)OCC(COC(=O)CCCCCCCCCCCCCCCCCCCCC)OC(=O)CCCCCCCC/C=C\C/C=C\C/C=C\CCCCC. The normalized spacial score (nSPS) is 12.6. The molecule has 0 N–H and O–H groups in total. The minimum atomic E-state index is -0.788. The number of hydrogen-bond donors (Lipinski definition) is 0. The lowest BCUT2D eigenvalue weighted by Gasteiger charge is -2.18. The summed E-state index contributed by atoms with van der Waals surface area (Å²) in [7, 11) is 0. The molecule has 0 aromatic heterocycles. The van der Waals surface area contributed by atoms with Crippen molar-refractivity contribution in [3.05, 3.63) is 85.1 Å². The molecule has 0 aliphatic rings. The molecule has 0 bridgehead atoms. The minimum Gasteiger partial charge on any atom is -0.462 e. The maximum Gasteiger partial charge on any atom is 0.306 e. The van der Waals surface area contributed by atoms with Crippen LogP contribution in [0.25, 0.3) is 0 Å².